The highest BCUT2D eigenvalue weighted by atomic mass is 35.5. The van der Waals surface area contributed by atoms with Crippen LogP contribution in [0.4, 0.5) is 16.2 Å². The number of hydrogen-bond acceptors (Lipinski definition) is 3. The Kier molecular flexibility index (Phi) is 5.69. The molecule has 2 aromatic carbocycles. The fourth-order valence-electron chi connectivity index (χ4n) is 2.86. The molecule has 0 aromatic heterocycles. The van der Waals surface area contributed by atoms with Crippen LogP contribution in [0, 0.1) is 0 Å². The van der Waals surface area contributed by atoms with E-state index in [9.17, 15) is 9.59 Å². The van der Waals surface area contributed by atoms with E-state index in [1.165, 1.54) is 0 Å². The topological polar surface area (TPSA) is 52.7 Å². The number of nitrogens with zero attached hydrogens (tertiary/aromatic N) is 2. The first-order valence-corrected chi connectivity index (χ1v) is 9.06. The number of piperazine rings is 1. The Morgan fingerprint density at radius 2 is 1.62 bits per heavy atom. The Balaban J connectivity index is 1.57. The molecule has 1 saturated heterocycles. The lowest BCUT2D eigenvalue weighted by Crippen LogP contribution is -2.50. The van der Waals surface area contributed by atoms with Crippen LogP contribution in [0.25, 0.3) is 0 Å². The number of carbonyl (C=O) groups excluding carboxylic acids is 2. The van der Waals surface area contributed by atoms with E-state index < -0.39 is 0 Å². The summed E-state index contributed by atoms with van der Waals surface area (Å²) < 4.78 is 0. The number of hydrogen-bond donors (Lipinski definition) is 1. The van der Waals surface area contributed by atoms with Crippen molar-refractivity contribution in [1.82, 2.24) is 4.90 Å². The molecule has 26 heavy (non-hydrogen) atoms. The molecule has 0 spiro atoms. The maximum Gasteiger partial charge on any atom is 0.322 e. The Hall–Kier alpha value is -2.24. The number of benzene rings is 2. The van der Waals surface area contributed by atoms with Crippen molar-refractivity contribution in [1.29, 1.82) is 0 Å². The first-order valence-electron chi connectivity index (χ1n) is 8.31. The van der Waals surface area contributed by atoms with Gasteiger partial charge in [0.1, 0.15) is 0 Å². The van der Waals surface area contributed by atoms with E-state index in [0.29, 0.717) is 34.4 Å². The fourth-order valence-corrected chi connectivity index (χ4v) is 3.32. The molecule has 1 N–H and O–H groups in total. The van der Waals surface area contributed by atoms with Crippen LogP contribution in [-0.4, -0.2) is 42.9 Å². The van der Waals surface area contributed by atoms with Crippen LogP contribution < -0.4 is 10.2 Å². The van der Waals surface area contributed by atoms with E-state index in [4.69, 9.17) is 23.2 Å². The summed E-state index contributed by atoms with van der Waals surface area (Å²) in [4.78, 5) is 27.7. The Morgan fingerprint density at radius 3 is 2.19 bits per heavy atom. The number of carbonyl (C=O) groups is 2. The van der Waals surface area contributed by atoms with Crippen molar-refractivity contribution in [2.24, 2.45) is 0 Å². The first kappa shape index (κ1) is 18.5. The zero-order valence-corrected chi connectivity index (χ0v) is 15.8. The summed E-state index contributed by atoms with van der Waals surface area (Å²) in [6, 6.07) is 12.3. The summed E-state index contributed by atoms with van der Waals surface area (Å²) in [6.07, 6.45) is 0. The van der Waals surface area contributed by atoms with Gasteiger partial charge in [-0.1, -0.05) is 23.2 Å². The maximum atomic E-state index is 12.4. The van der Waals surface area contributed by atoms with Crippen LogP contribution in [0.5, 0.6) is 0 Å². The van der Waals surface area contributed by atoms with Crippen LogP contribution in [0.1, 0.15) is 17.3 Å². The largest absolute Gasteiger partial charge is 0.368 e. The van der Waals surface area contributed by atoms with Crippen LogP contribution >= 0.6 is 23.2 Å². The molecule has 0 bridgehead atoms. The van der Waals surface area contributed by atoms with E-state index in [0.717, 1.165) is 18.8 Å². The van der Waals surface area contributed by atoms with Gasteiger partial charge in [0.25, 0.3) is 0 Å². The Bertz CT molecular complexity index is 816. The molecule has 2 aromatic rings. The lowest BCUT2D eigenvalue weighted by Gasteiger charge is -2.36. The fraction of sp³-hybridized carbons (Fsp3) is 0.263. The van der Waals surface area contributed by atoms with Crippen LogP contribution in [0.15, 0.2) is 42.5 Å². The quantitative estimate of drug-likeness (QED) is 0.780. The van der Waals surface area contributed by atoms with Gasteiger partial charge in [0, 0.05) is 42.5 Å². The minimum atomic E-state index is -0.180. The molecule has 1 aliphatic heterocycles. The molecule has 3 rings (SSSR count). The van der Waals surface area contributed by atoms with Gasteiger partial charge in [-0.15, -0.1) is 0 Å². The van der Waals surface area contributed by atoms with Gasteiger partial charge in [-0.05, 0) is 49.4 Å². The molecule has 2 amide bonds. The van der Waals surface area contributed by atoms with E-state index in [2.05, 4.69) is 10.2 Å². The van der Waals surface area contributed by atoms with E-state index in [1.807, 2.05) is 24.3 Å². The normalized spacial score (nSPS) is 14.3. The van der Waals surface area contributed by atoms with Crippen LogP contribution in [0.2, 0.25) is 10.0 Å². The monoisotopic (exact) mass is 391 g/mol. The average Bonchev–Trinajstić information content (AvgIpc) is 2.64. The van der Waals surface area contributed by atoms with Crippen molar-refractivity contribution in [3.63, 3.8) is 0 Å². The van der Waals surface area contributed by atoms with Crippen molar-refractivity contribution in [2.75, 3.05) is 36.4 Å². The summed E-state index contributed by atoms with van der Waals surface area (Å²) >= 11 is 12.0. The predicted octanol–water partition coefficient (Wildman–Crippen LogP) is 4.55. The van der Waals surface area contributed by atoms with E-state index in [1.54, 1.807) is 30.0 Å². The molecular formula is C19H19Cl2N3O2. The van der Waals surface area contributed by atoms with Crippen molar-refractivity contribution in [3.8, 4) is 0 Å². The highest BCUT2D eigenvalue weighted by molar-refractivity contribution is 6.36. The molecule has 1 heterocycles. The number of amides is 2. The number of nitrogens with one attached hydrogen (secondary N) is 1. The summed E-state index contributed by atoms with van der Waals surface area (Å²) in [5.41, 5.74) is 2.30. The van der Waals surface area contributed by atoms with Gasteiger partial charge >= 0.3 is 6.03 Å². The molecule has 136 valence electrons. The number of Topliss-reactive ketones (excluding diaryl/α,β-unsaturated/α-hetero) is 1. The highest BCUT2D eigenvalue weighted by Gasteiger charge is 2.22. The lowest BCUT2D eigenvalue weighted by molar-refractivity contribution is 0.101. The molecule has 1 aliphatic rings. The third-order valence-corrected chi connectivity index (χ3v) is 4.93. The van der Waals surface area contributed by atoms with E-state index in [-0.39, 0.29) is 11.8 Å². The second-order valence-electron chi connectivity index (χ2n) is 6.13. The molecule has 0 aliphatic carbocycles. The zero-order valence-electron chi connectivity index (χ0n) is 14.3. The minimum absolute atomic E-state index is 0.0545. The van der Waals surface area contributed by atoms with Crippen molar-refractivity contribution >= 4 is 46.4 Å². The average molecular weight is 392 g/mol. The second-order valence-corrected chi connectivity index (χ2v) is 6.98. The number of anilines is 2. The maximum absolute atomic E-state index is 12.4. The third kappa shape index (κ3) is 4.29. The lowest BCUT2D eigenvalue weighted by atomic mass is 10.1. The molecule has 1 fully saturated rings. The SMILES string of the molecule is CC(=O)c1ccc(N2CCN(C(=O)Nc3ccc(Cl)cc3Cl)CC2)cc1. The van der Waals surface area contributed by atoms with Gasteiger partial charge < -0.3 is 15.1 Å². The molecule has 0 unspecified atom stereocenters. The van der Waals surface area contributed by atoms with Crippen molar-refractivity contribution in [2.45, 2.75) is 6.92 Å². The van der Waals surface area contributed by atoms with Crippen LogP contribution in [0.3, 0.4) is 0 Å². The summed E-state index contributed by atoms with van der Waals surface area (Å²) in [5.74, 6) is 0.0545. The van der Waals surface area contributed by atoms with E-state index >= 15 is 0 Å². The number of urea groups is 1. The second kappa shape index (κ2) is 7.98. The van der Waals surface area contributed by atoms with Gasteiger partial charge in [-0.25, -0.2) is 4.79 Å². The Morgan fingerprint density at radius 1 is 0.962 bits per heavy atom. The minimum Gasteiger partial charge on any atom is -0.368 e. The predicted molar refractivity (Wildman–Crippen MR) is 106 cm³/mol. The third-order valence-electron chi connectivity index (χ3n) is 4.38. The molecule has 5 nitrogen and oxygen atoms in total. The molecule has 0 saturated carbocycles. The standard InChI is InChI=1S/C19H19Cl2N3O2/c1-13(25)14-2-5-16(6-3-14)23-8-10-24(11-9-23)19(26)22-18-7-4-15(20)12-17(18)21/h2-7,12H,8-11H2,1H3,(H,22,26). The van der Waals surface area contributed by atoms with Gasteiger partial charge in [0.05, 0.1) is 10.7 Å². The zero-order chi connectivity index (χ0) is 18.7. The summed E-state index contributed by atoms with van der Waals surface area (Å²) in [6.45, 7) is 4.21. The van der Waals surface area contributed by atoms with Gasteiger partial charge in [-0.2, -0.15) is 0 Å². The summed E-state index contributed by atoms with van der Waals surface area (Å²) in [7, 11) is 0. The highest BCUT2D eigenvalue weighted by Crippen LogP contribution is 2.26. The molecule has 0 radical (unpaired) electrons. The number of ketones is 1. The van der Waals surface area contributed by atoms with Gasteiger partial charge in [-0.3, -0.25) is 4.79 Å². The molecule has 0 atom stereocenters. The number of halogens is 2. The number of rotatable bonds is 3. The van der Waals surface area contributed by atoms with Crippen LogP contribution in [-0.2, 0) is 0 Å². The molecular weight excluding hydrogens is 373 g/mol. The summed E-state index contributed by atoms with van der Waals surface area (Å²) in [5, 5.41) is 3.76. The Labute approximate surface area is 162 Å². The smallest absolute Gasteiger partial charge is 0.322 e. The molecule has 7 heteroatoms. The first-order chi connectivity index (χ1) is 12.4. The van der Waals surface area contributed by atoms with Gasteiger partial charge in [0.15, 0.2) is 5.78 Å². The van der Waals surface area contributed by atoms with Crippen molar-refractivity contribution in [3.05, 3.63) is 58.1 Å². The van der Waals surface area contributed by atoms with Gasteiger partial charge in [0.2, 0.25) is 0 Å². The van der Waals surface area contributed by atoms with Crippen molar-refractivity contribution < 1.29 is 9.59 Å².